The summed E-state index contributed by atoms with van der Waals surface area (Å²) in [4.78, 5) is 16.6. The lowest BCUT2D eigenvalue weighted by Crippen LogP contribution is -2.33. The molecule has 0 saturated carbocycles. The first-order valence-corrected chi connectivity index (χ1v) is 12.6. The zero-order valence-electron chi connectivity index (χ0n) is 18.2. The third-order valence-electron chi connectivity index (χ3n) is 5.17. The minimum absolute atomic E-state index is 0.0220. The van der Waals surface area contributed by atoms with Crippen LogP contribution >= 0.6 is 11.6 Å². The van der Waals surface area contributed by atoms with Crippen LogP contribution in [0.1, 0.15) is 27.4 Å². The number of benzene rings is 3. The monoisotopic (exact) mass is 495 g/mol. The number of carbonyl (C=O) groups excluding carboxylic acids is 1. The van der Waals surface area contributed by atoms with Gasteiger partial charge in [0, 0.05) is 22.2 Å². The van der Waals surface area contributed by atoms with E-state index in [1.807, 2.05) is 30.3 Å². The van der Waals surface area contributed by atoms with Crippen LogP contribution in [0, 0.1) is 0 Å². The fourth-order valence-electron chi connectivity index (χ4n) is 3.59. The van der Waals surface area contributed by atoms with Crippen molar-refractivity contribution in [3.05, 3.63) is 101 Å². The molecule has 1 heterocycles. The van der Waals surface area contributed by atoms with Crippen LogP contribution in [-0.2, 0) is 10.0 Å². The molecule has 4 rings (SSSR count). The number of carbonyl (C=O) groups is 1. The van der Waals surface area contributed by atoms with Crippen molar-refractivity contribution < 1.29 is 13.2 Å². The summed E-state index contributed by atoms with van der Waals surface area (Å²) in [5, 5.41) is 6.69. The van der Waals surface area contributed by atoms with Gasteiger partial charge >= 0.3 is 0 Å². The van der Waals surface area contributed by atoms with Crippen molar-refractivity contribution in [2.24, 2.45) is 15.8 Å². The minimum Gasteiger partial charge on any atom is -0.368 e. The van der Waals surface area contributed by atoms with E-state index < -0.39 is 15.9 Å². The number of sulfonamides is 1. The molecule has 0 aliphatic carbocycles. The number of amides is 1. The molecule has 0 aromatic heterocycles. The van der Waals surface area contributed by atoms with Crippen LogP contribution < -0.4 is 10.5 Å². The summed E-state index contributed by atoms with van der Waals surface area (Å²) in [5.41, 5.74) is 9.54. The van der Waals surface area contributed by atoms with E-state index in [2.05, 4.69) is 14.8 Å². The van der Waals surface area contributed by atoms with Crippen LogP contribution in [0.3, 0.4) is 0 Å². The molecule has 3 aromatic carbocycles. The van der Waals surface area contributed by atoms with Crippen molar-refractivity contribution in [1.82, 2.24) is 5.01 Å². The second-order valence-electron chi connectivity index (χ2n) is 7.76. The summed E-state index contributed by atoms with van der Waals surface area (Å²) in [7, 11) is -3.38. The van der Waals surface area contributed by atoms with Gasteiger partial charge in [-0.2, -0.15) is 10.1 Å². The van der Waals surface area contributed by atoms with Crippen molar-refractivity contribution in [2.45, 2.75) is 5.92 Å². The molecular weight excluding hydrogens is 474 g/mol. The average Bonchev–Trinajstić information content (AvgIpc) is 3.25. The molecule has 8 nitrogen and oxygen atoms in total. The average molecular weight is 496 g/mol. The number of anilines is 1. The van der Waals surface area contributed by atoms with Gasteiger partial charge in [0.2, 0.25) is 16.0 Å². The van der Waals surface area contributed by atoms with Crippen molar-refractivity contribution in [3.8, 4) is 0 Å². The predicted molar refractivity (Wildman–Crippen MR) is 135 cm³/mol. The van der Waals surface area contributed by atoms with Gasteiger partial charge in [0.1, 0.15) is 0 Å². The smallest absolute Gasteiger partial charge is 0.280 e. The molecule has 1 aliphatic rings. The van der Waals surface area contributed by atoms with Gasteiger partial charge in [0.25, 0.3) is 5.91 Å². The van der Waals surface area contributed by atoms with Gasteiger partial charge < -0.3 is 5.73 Å². The fourth-order valence-corrected chi connectivity index (χ4v) is 4.28. The molecular formula is C24H22ClN5O3S. The highest BCUT2D eigenvalue weighted by Gasteiger charge is 2.31. The Morgan fingerprint density at radius 3 is 2.32 bits per heavy atom. The zero-order valence-corrected chi connectivity index (χ0v) is 19.8. The van der Waals surface area contributed by atoms with E-state index in [0.717, 1.165) is 23.1 Å². The number of nitrogens with two attached hydrogens (primary N) is 1. The molecule has 174 valence electrons. The van der Waals surface area contributed by atoms with Crippen molar-refractivity contribution in [3.63, 3.8) is 0 Å². The number of nitrogens with one attached hydrogen (secondary N) is 1. The highest BCUT2D eigenvalue weighted by Crippen LogP contribution is 2.29. The van der Waals surface area contributed by atoms with Crippen molar-refractivity contribution >= 4 is 44.9 Å². The van der Waals surface area contributed by atoms with Crippen LogP contribution in [0.5, 0.6) is 0 Å². The van der Waals surface area contributed by atoms with Crippen molar-refractivity contribution in [2.75, 3.05) is 17.5 Å². The number of hydrogen-bond donors (Lipinski definition) is 2. The van der Waals surface area contributed by atoms with Gasteiger partial charge in [-0.25, -0.2) is 13.4 Å². The Morgan fingerprint density at radius 1 is 1.06 bits per heavy atom. The predicted octanol–water partition coefficient (Wildman–Crippen LogP) is 3.67. The van der Waals surface area contributed by atoms with Crippen LogP contribution in [0.4, 0.5) is 5.69 Å². The first-order valence-electron chi connectivity index (χ1n) is 10.3. The summed E-state index contributed by atoms with van der Waals surface area (Å²) < 4.78 is 25.4. The molecule has 0 saturated heterocycles. The summed E-state index contributed by atoms with van der Waals surface area (Å²) in [6, 6.07) is 23.1. The third-order valence-corrected chi connectivity index (χ3v) is 6.03. The molecule has 0 fully saturated rings. The number of halogens is 1. The van der Waals surface area contributed by atoms with E-state index in [9.17, 15) is 13.2 Å². The number of hydrogen-bond acceptors (Lipinski definition) is 4. The number of nitrogens with zero attached hydrogens (tertiary/aromatic N) is 3. The number of aliphatic imine (C=N–C) groups is 1. The lowest BCUT2D eigenvalue weighted by atomic mass is 9.90. The molecule has 0 bridgehead atoms. The molecule has 3 aromatic rings. The van der Waals surface area contributed by atoms with Crippen LogP contribution in [0.2, 0.25) is 5.02 Å². The SMILES string of the molecule is CS(=O)(=O)Nc1ccc(C2=NN(C(N)=NC(=O)c3ccc(Cl)cc3)CC2c2ccccc2)cc1. The van der Waals surface area contributed by atoms with Gasteiger partial charge in [-0.15, -0.1) is 0 Å². The van der Waals surface area contributed by atoms with Gasteiger partial charge in [-0.1, -0.05) is 54.1 Å². The van der Waals surface area contributed by atoms with E-state index >= 15 is 0 Å². The first-order chi connectivity index (χ1) is 16.2. The highest BCUT2D eigenvalue weighted by molar-refractivity contribution is 7.92. The van der Waals surface area contributed by atoms with E-state index in [-0.39, 0.29) is 11.9 Å². The van der Waals surface area contributed by atoms with Gasteiger partial charge in [-0.05, 0) is 47.5 Å². The summed E-state index contributed by atoms with van der Waals surface area (Å²) in [6.45, 7) is 0.395. The summed E-state index contributed by atoms with van der Waals surface area (Å²) >= 11 is 5.88. The minimum atomic E-state index is -3.38. The van der Waals surface area contributed by atoms with Crippen molar-refractivity contribution in [1.29, 1.82) is 0 Å². The van der Waals surface area contributed by atoms with Gasteiger partial charge in [0.15, 0.2) is 0 Å². The van der Waals surface area contributed by atoms with Crippen LogP contribution in [0.15, 0.2) is 89.0 Å². The molecule has 0 radical (unpaired) electrons. The highest BCUT2D eigenvalue weighted by atomic mass is 35.5. The lowest BCUT2D eigenvalue weighted by Gasteiger charge is -2.15. The first kappa shape index (κ1) is 23.5. The second kappa shape index (κ2) is 9.66. The molecule has 1 aliphatic heterocycles. The molecule has 0 spiro atoms. The van der Waals surface area contributed by atoms with E-state index in [4.69, 9.17) is 17.3 Å². The molecule has 3 N–H and O–H groups in total. The van der Waals surface area contributed by atoms with E-state index in [1.54, 1.807) is 48.5 Å². The maximum atomic E-state index is 12.5. The maximum Gasteiger partial charge on any atom is 0.280 e. The topological polar surface area (TPSA) is 117 Å². The second-order valence-corrected chi connectivity index (χ2v) is 9.95. The number of rotatable bonds is 5. The molecule has 34 heavy (non-hydrogen) atoms. The Morgan fingerprint density at radius 2 is 1.71 bits per heavy atom. The number of guanidine groups is 1. The normalized spacial score (nSPS) is 16.3. The quantitative estimate of drug-likeness (QED) is 0.413. The standard InChI is InChI=1S/C24H22ClN5O3S/c1-34(32,33)29-20-13-9-17(10-14-20)22-21(16-5-3-2-4-6-16)15-30(28-22)24(26)27-23(31)18-7-11-19(25)12-8-18/h2-14,21,29H,15H2,1H3,(H2,26,27,31). The molecule has 1 amide bonds. The largest absolute Gasteiger partial charge is 0.368 e. The maximum absolute atomic E-state index is 12.5. The molecule has 1 atom stereocenters. The molecule has 1 unspecified atom stereocenters. The van der Waals surface area contributed by atoms with Crippen LogP contribution in [-0.4, -0.2) is 43.8 Å². The van der Waals surface area contributed by atoms with Gasteiger partial charge in [-0.3, -0.25) is 9.52 Å². The summed E-state index contributed by atoms with van der Waals surface area (Å²) in [6.07, 6.45) is 1.10. The Labute approximate surface area is 202 Å². The Balaban J connectivity index is 1.64. The lowest BCUT2D eigenvalue weighted by molar-refractivity contribution is 0.100. The Kier molecular flexibility index (Phi) is 6.67. The zero-order chi connectivity index (χ0) is 24.3. The Hall–Kier alpha value is -3.69. The van der Waals surface area contributed by atoms with E-state index in [0.29, 0.717) is 22.8 Å². The molecule has 10 heteroatoms. The third kappa shape index (κ3) is 5.62. The van der Waals surface area contributed by atoms with Gasteiger partial charge in [0.05, 0.1) is 18.5 Å². The Bertz CT molecular complexity index is 1360. The fraction of sp³-hybridized carbons (Fsp3) is 0.125. The summed E-state index contributed by atoms with van der Waals surface area (Å²) in [5.74, 6) is -0.647. The van der Waals surface area contributed by atoms with Crippen LogP contribution in [0.25, 0.3) is 0 Å². The number of hydrazone groups is 1. The van der Waals surface area contributed by atoms with E-state index in [1.165, 1.54) is 5.01 Å².